The Kier molecular flexibility index (Phi) is 7.37. The summed E-state index contributed by atoms with van der Waals surface area (Å²) >= 11 is 1.01. The molecule has 1 aliphatic carbocycles. The molecule has 0 bridgehead atoms. The van der Waals surface area contributed by atoms with E-state index in [4.69, 9.17) is 9.47 Å². The summed E-state index contributed by atoms with van der Waals surface area (Å²) in [6.07, 6.45) is 1.86. The Morgan fingerprint density at radius 3 is 2.63 bits per heavy atom. The highest BCUT2D eigenvalue weighted by Crippen LogP contribution is 2.40. The molecule has 30 heavy (non-hydrogen) atoms. The molecule has 2 aromatic rings. The summed E-state index contributed by atoms with van der Waals surface area (Å²) in [6.45, 7) is 3.80. The van der Waals surface area contributed by atoms with Crippen molar-refractivity contribution in [2.75, 3.05) is 7.11 Å². The molecule has 0 N–H and O–H groups in total. The number of ketones is 1. The lowest BCUT2D eigenvalue weighted by Gasteiger charge is -2.27. The van der Waals surface area contributed by atoms with Crippen LogP contribution >= 0.6 is 11.8 Å². The van der Waals surface area contributed by atoms with Gasteiger partial charge in [-0.2, -0.15) is 0 Å². The van der Waals surface area contributed by atoms with Gasteiger partial charge in [0.25, 0.3) is 0 Å². The Labute approximate surface area is 181 Å². The number of rotatable bonds is 5. The molecule has 0 amide bonds. The van der Waals surface area contributed by atoms with Gasteiger partial charge in [-0.1, -0.05) is 31.0 Å². The van der Waals surface area contributed by atoms with Crippen molar-refractivity contribution in [3.8, 4) is 17.6 Å². The molecule has 0 fully saturated rings. The first kappa shape index (κ1) is 21.7. The van der Waals surface area contributed by atoms with E-state index in [0.717, 1.165) is 28.6 Å². The summed E-state index contributed by atoms with van der Waals surface area (Å²) in [7, 11) is 1.56. The van der Waals surface area contributed by atoms with E-state index in [-0.39, 0.29) is 11.7 Å². The molecular weight excluding hydrogens is 396 g/mol. The Morgan fingerprint density at radius 2 is 1.97 bits per heavy atom. The second kappa shape index (κ2) is 10.2. The maximum atomic E-state index is 12.9. The Bertz CT molecular complexity index is 1030. The summed E-state index contributed by atoms with van der Waals surface area (Å²) < 4.78 is 11.4. The van der Waals surface area contributed by atoms with Crippen molar-refractivity contribution < 1.29 is 19.1 Å². The van der Waals surface area contributed by atoms with Gasteiger partial charge in [0, 0.05) is 28.4 Å². The molecule has 5 heteroatoms. The third-order valence-corrected chi connectivity index (χ3v) is 5.74. The molecule has 0 aliphatic heterocycles. The predicted molar refractivity (Wildman–Crippen MR) is 119 cm³/mol. The molecule has 0 aromatic heterocycles. The fourth-order valence-corrected chi connectivity index (χ4v) is 4.14. The lowest BCUT2D eigenvalue weighted by Crippen LogP contribution is -2.21. The Balaban J connectivity index is 2.03. The van der Waals surface area contributed by atoms with Gasteiger partial charge in [0.2, 0.25) is 0 Å². The minimum Gasteiger partial charge on any atom is -0.496 e. The quantitative estimate of drug-likeness (QED) is 0.332. The summed E-state index contributed by atoms with van der Waals surface area (Å²) in [5.41, 5.74) is 1.87. The highest BCUT2D eigenvalue weighted by molar-refractivity contribution is 8.13. The molecule has 1 atom stereocenters. The van der Waals surface area contributed by atoms with Crippen LogP contribution in [0.3, 0.4) is 0 Å². The molecular formula is C25H24O4S. The molecule has 1 aliphatic rings. The lowest BCUT2D eigenvalue weighted by atomic mass is 9.82. The zero-order valence-corrected chi connectivity index (χ0v) is 18.2. The molecule has 4 nitrogen and oxygen atoms in total. The van der Waals surface area contributed by atoms with Crippen molar-refractivity contribution in [3.05, 3.63) is 65.4 Å². The number of benzene rings is 2. The normalized spacial score (nSPS) is 16.0. The van der Waals surface area contributed by atoms with Gasteiger partial charge >= 0.3 is 5.30 Å². The second-order valence-corrected chi connectivity index (χ2v) is 7.87. The Morgan fingerprint density at radius 1 is 1.20 bits per heavy atom. The van der Waals surface area contributed by atoms with E-state index in [1.165, 1.54) is 0 Å². The monoisotopic (exact) mass is 420 g/mol. The molecule has 0 radical (unpaired) electrons. The number of thioether (sulfide) groups is 1. The minimum absolute atomic E-state index is 0.00200. The zero-order chi connectivity index (χ0) is 21.5. The van der Waals surface area contributed by atoms with E-state index in [2.05, 4.69) is 11.8 Å². The van der Waals surface area contributed by atoms with Crippen LogP contribution in [-0.2, 0) is 9.53 Å². The van der Waals surface area contributed by atoms with Crippen LogP contribution < -0.4 is 4.74 Å². The fourth-order valence-electron chi connectivity index (χ4n) is 3.52. The molecule has 0 saturated heterocycles. The van der Waals surface area contributed by atoms with Crippen molar-refractivity contribution in [2.45, 2.75) is 38.0 Å². The van der Waals surface area contributed by atoms with E-state index in [9.17, 15) is 9.59 Å². The van der Waals surface area contributed by atoms with Gasteiger partial charge in [-0.3, -0.25) is 4.79 Å². The van der Waals surface area contributed by atoms with Gasteiger partial charge < -0.3 is 9.47 Å². The third-order valence-electron chi connectivity index (χ3n) is 4.99. The van der Waals surface area contributed by atoms with Gasteiger partial charge in [0.15, 0.2) is 5.78 Å². The average Bonchev–Trinajstić information content (AvgIpc) is 2.75. The van der Waals surface area contributed by atoms with Crippen LogP contribution in [0.4, 0.5) is 4.79 Å². The van der Waals surface area contributed by atoms with Crippen molar-refractivity contribution in [1.29, 1.82) is 0 Å². The van der Waals surface area contributed by atoms with Crippen LogP contribution in [0, 0.1) is 17.8 Å². The van der Waals surface area contributed by atoms with E-state index in [0.29, 0.717) is 35.5 Å². The fraction of sp³-hybridized carbons (Fsp3) is 0.280. The molecule has 2 aromatic carbocycles. The maximum absolute atomic E-state index is 12.9. The van der Waals surface area contributed by atoms with E-state index in [1.807, 2.05) is 49.4 Å². The number of allylic oxidation sites excluding steroid dienone is 2. The van der Waals surface area contributed by atoms with E-state index >= 15 is 0 Å². The maximum Gasteiger partial charge on any atom is 0.377 e. The van der Waals surface area contributed by atoms with Crippen LogP contribution in [0.1, 0.15) is 44.2 Å². The van der Waals surface area contributed by atoms with E-state index in [1.54, 1.807) is 20.1 Å². The number of ether oxygens (including phenoxy) is 2. The van der Waals surface area contributed by atoms with E-state index < -0.39 is 5.30 Å². The van der Waals surface area contributed by atoms with Gasteiger partial charge in [0.1, 0.15) is 11.5 Å². The highest BCUT2D eigenvalue weighted by Gasteiger charge is 2.33. The summed E-state index contributed by atoms with van der Waals surface area (Å²) in [5, 5.41) is -0.450. The molecule has 1 unspecified atom stereocenters. The third kappa shape index (κ3) is 4.95. The molecule has 0 saturated carbocycles. The summed E-state index contributed by atoms with van der Waals surface area (Å²) in [4.78, 5) is 26.4. The number of carbonyl (C=O) groups is 2. The number of Topliss-reactive ketones (excluding diaryl/α,β-unsaturated/α-hetero) is 1. The highest BCUT2D eigenvalue weighted by atomic mass is 32.2. The lowest BCUT2D eigenvalue weighted by molar-refractivity contribution is -0.114. The second-order valence-electron chi connectivity index (χ2n) is 6.86. The summed E-state index contributed by atoms with van der Waals surface area (Å²) in [5.74, 6) is 6.79. The number of hydrogen-bond acceptors (Lipinski definition) is 5. The average molecular weight is 421 g/mol. The van der Waals surface area contributed by atoms with Crippen molar-refractivity contribution in [3.63, 3.8) is 0 Å². The van der Waals surface area contributed by atoms with Crippen LogP contribution in [0.5, 0.6) is 5.75 Å². The first-order valence-corrected chi connectivity index (χ1v) is 10.7. The predicted octanol–water partition coefficient (Wildman–Crippen LogP) is 6.10. The number of carbonyl (C=O) groups excluding carboxylic acids is 2. The van der Waals surface area contributed by atoms with Gasteiger partial charge in [-0.15, -0.1) is 5.92 Å². The van der Waals surface area contributed by atoms with Gasteiger partial charge in [-0.25, -0.2) is 4.79 Å². The zero-order valence-electron chi connectivity index (χ0n) is 17.4. The minimum atomic E-state index is -0.450. The van der Waals surface area contributed by atoms with Gasteiger partial charge in [0.05, 0.1) is 12.7 Å². The van der Waals surface area contributed by atoms with Crippen molar-refractivity contribution in [2.24, 2.45) is 5.92 Å². The molecule has 0 spiro atoms. The van der Waals surface area contributed by atoms with Crippen molar-refractivity contribution >= 4 is 28.4 Å². The molecule has 154 valence electrons. The van der Waals surface area contributed by atoms with Crippen LogP contribution in [0.25, 0.3) is 5.57 Å². The SMILES string of the molecule is CC#Cc1ccc(C2=C(OC(=O)Sc3ccccc3)C(CC)CCC2=O)c(OC)c1. The standard InChI is InChI=1S/C25H24O4S/c1-4-9-17-12-14-20(22(16-17)28-3)23-21(26)15-13-18(5-2)24(23)29-25(27)30-19-10-7-6-8-11-19/h6-8,10-12,14,16,18H,5,13,15H2,1-3H3. The Hall–Kier alpha value is -2.97. The van der Waals surface area contributed by atoms with Crippen LogP contribution in [-0.4, -0.2) is 18.2 Å². The smallest absolute Gasteiger partial charge is 0.377 e. The largest absolute Gasteiger partial charge is 0.496 e. The van der Waals surface area contributed by atoms with Crippen LogP contribution in [0.15, 0.2) is 59.2 Å². The number of hydrogen-bond donors (Lipinski definition) is 0. The van der Waals surface area contributed by atoms with Crippen molar-refractivity contribution in [1.82, 2.24) is 0 Å². The topological polar surface area (TPSA) is 52.6 Å². The van der Waals surface area contributed by atoms with Crippen LogP contribution in [0.2, 0.25) is 0 Å². The molecule has 3 rings (SSSR count). The van der Waals surface area contributed by atoms with Gasteiger partial charge in [-0.05, 0) is 61.9 Å². The first-order chi connectivity index (χ1) is 14.6. The first-order valence-electron chi connectivity index (χ1n) is 9.90. The molecule has 0 heterocycles. The number of methoxy groups -OCH3 is 1. The summed E-state index contributed by atoms with van der Waals surface area (Å²) in [6, 6.07) is 14.8.